The van der Waals surface area contributed by atoms with E-state index >= 15 is 0 Å². The smallest absolute Gasteiger partial charge is 0.319 e. The number of carbonyl (C=O) groups is 2. The first kappa shape index (κ1) is 17.8. The molecule has 1 aliphatic rings. The fourth-order valence-corrected chi connectivity index (χ4v) is 2.92. The number of nitrogens with one attached hydrogen (secondary N) is 1. The first-order chi connectivity index (χ1) is 9.95. The predicted molar refractivity (Wildman–Crippen MR) is 82.3 cm³/mol. The minimum atomic E-state index is -0.755. The van der Waals surface area contributed by atoms with Gasteiger partial charge in [0.05, 0.1) is 0 Å². The van der Waals surface area contributed by atoms with Crippen molar-refractivity contribution in [2.45, 2.75) is 32.6 Å². The summed E-state index contributed by atoms with van der Waals surface area (Å²) in [4.78, 5) is 26.9. The number of aliphatic carboxylic acids is 1. The van der Waals surface area contributed by atoms with Crippen LogP contribution >= 0.6 is 0 Å². The fraction of sp³-hybridized carbons (Fsp3) is 0.867. The highest BCUT2D eigenvalue weighted by molar-refractivity contribution is 5.74. The van der Waals surface area contributed by atoms with E-state index in [9.17, 15) is 9.59 Å². The van der Waals surface area contributed by atoms with Crippen molar-refractivity contribution in [2.24, 2.45) is 11.8 Å². The zero-order valence-corrected chi connectivity index (χ0v) is 13.5. The molecule has 2 unspecified atom stereocenters. The van der Waals surface area contributed by atoms with Gasteiger partial charge in [-0.2, -0.15) is 0 Å². The molecule has 21 heavy (non-hydrogen) atoms. The van der Waals surface area contributed by atoms with Crippen molar-refractivity contribution in [3.05, 3.63) is 0 Å². The maximum absolute atomic E-state index is 12.4. The number of carbonyl (C=O) groups excluding carboxylic acids is 1. The van der Waals surface area contributed by atoms with Crippen molar-refractivity contribution >= 4 is 12.0 Å². The molecule has 0 aromatic carbocycles. The molecular weight excluding hydrogens is 270 g/mol. The summed E-state index contributed by atoms with van der Waals surface area (Å²) in [6.45, 7) is 5.08. The number of carboxylic acids is 1. The Morgan fingerprint density at radius 3 is 2.81 bits per heavy atom. The first-order valence-electron chi connectivity index (χ1n) is 7.82. The largest absolute Gasteiger partial charge is 0.481 e. The van der Waals surface area contributed by atoms with Gasteiger partial charge in [-0.25, -0.2) is 4.79 Å². The van der Waals surface area contributed by atoms with E-state index in [1.807, 2.05) is 25.9 Å². The van der Waals surface area contributed by atoms with E-state index in [2.05, 4.69) is 5.32 Å². The molecule has 0 aromatic heterocycles. The number of likely N-dealkylation sites (tertiary alicyclic amines) is 1. The van der Waals surface area contributed by atoms with E-state index < -0.39 is 5.97 Å². The van der Waals surface area contributed by atoms with Crippen LogP contribution < -0.4 is 5.32 Å². The number of nitrogens with zero attached hydrogens (tertiary/aromatic N) is 2. The maximum atomic E-state index is 12.4. The molecular formula is C15H29N3O3. The third-order valence-electron chi connectivity index (χ3n) is 4.28. The van der Waals surface area contributed by atoms with Gasteiger partial charge in [-0.3, -0.25) is 4.79 Å². The van der Waals surface area contributed by atoms with E-state index in [0.717, 1.165) is 38.9 Å². The van der Waals surface area contributed by atoms with E-state index in [0.29, 0.717) is 12.5 Å². The normalized spacial score (nSPS) is 20.1. The summed E-state index contributed by atoms with van der Waals surface area (Å²) in [6, 6.07) is 0.0679. The zero-order valence-electron chi connectivity index (χ0n) is 13.5. The molecule has 0 saturated carbocycles. The standard InChI is InChI=1S/C15H29N3O3/c1-12(10-14(19)20)13-6-4-9-18(11-13)15(21)17(3)8-5-7-16-2/h12-13,16H,4-11H2,1-3H3,(H,19,20). The Hall–Kier alpha value is -1.30. The number of piperidine rings is 1. The Labute approximate surface area is 127 Å². The van der Waals surface area contributed by atoms with E-state index in [-0.39, 0.29) is 18.4 Å². The van der Waals surface area contributed by atoms with E-state index in [1.54, 1.807) is 4.90 Å². The highest BCUT2D eigenvalue weighted by atomic mass is 16.4. The Morgan fingerprint density at radius 1 is 1.48 bits per heavy atom. The number of urea groups is 1. The molecule has 0 aliphatic carbocycles. The average Bonchev–Trinajstić information content (AvgIpc) is 2.46. The van der Waals surface area contributed by atoms with Crippen molar-refractivity contribution in [1.29, 1.82) is 0 Å². The summed E-state index contributed by atoms with van der Waals surface area (Å²) in [5.74, 6) is -0.340. The second-order valence-electron chi connectivity index (χ2n) is 6.08. The van der Waals surface area contributed by atoms with Crippen molar-refractivity contribution in [1.82, 2.24) is 15.1 Å². The number of amides is 2. The van der Waals surface area contributed by atoms with Gasteiger partial charge in [0, 0.05) is 33.1 Å². The maximum Gasteiger partial charge on any atom is 0.319 e. The van der Waals surface area contributed by atoms with Crippen molar-refractivity contribution in [3.63, 3.8) is 0 Å². The molecule has 6 nitrogen and oxygen atoms in total. The zero-order chi connectivity index (χ0) is 15.8. The summed E-state index contributed by atoms with van der Waals surface area (Å²) in [5, 5.41) is 12.0. The van der Waals surface area contributed by atoms with Gasteiger partial charge in [0.25, 0.3) is 0 Å². The van der Waals surface area contributed by atoms with Gasteiger partial charge in [-0.05, 0) is 44.7 Å². The molecule has 0 aromatic rings. The van der Waals surface area contributed by atoms with Gasteiger partial charge in [0.2, 0.25) is 0 Å². The van der Waals surface area contributed by atoms with Crippen LogP contribution in [-0.2, 0) is 4.79 Å². The Bertz CT molecular complexity index is 349. The van der Waals surface area contributed by atoms with Gasteiger partial charge in [0.15, 0.2) is 0 Å². The molecule has 1 saturated heterocycles. The number of rotatable bonds is 7. The van der Waals surface area contributed by atoms with Crippen LogP contribution in [0.2, 0.25) is 0 Å². The fourth-order valence-electron chi connectivity index (χ4n) is 2.92. The van der Waals surface area contributed by atoms with Gasteiger partial charge in [-0.1, -0.05) is 6.92 Å². The highest BCUT2D eigenvalue weighted by Crippen LogP contribution is 2.26. The summed E-state index contributed by atoms with van der Waals surface area (Å²) in [7, 11) is 3.74. The average molecular weight is 299 g/mol. The molecule has 1 rings (SSSR count). The molecule has 1 aliphatic heterocycles. The second kappa shape index (κ2) is 8.87. The molecule has 2 amide bonds. The second-order valence-corrected chi connectivity index (χ2v) is 6.08. The SMILES string of the molecule is CNCCCN(C)C(=O)N1CCCC(C(C)CC(=O)O)C1. The van der Waals surface area contributed by atoms with Crippen LogP contribution in [0.25, 0.3) is 0 Å². The molecule has 2 atom stereocenters. The number of hydrogen-bond donors (Lipinski definition) is 2. The van der Waals surface area contributed by atoms with Gasteiger partial charge in [-0.15, -0.1) is 0 Å². The summed E-state index contributed by atoms with van der Waals surface area (Å²) < 4.78 is 0. The topological polar surface area (TPSA) is 72.9 Å². The van der Waals surface area contributed by atoms with Gasteiger partial charge in [0.1, 0.15) is 0 Å². The molecule has 1 fully saturated rings. The lowest BCUT2D eigenvalue weighted by molar-refractivity contribution is -0.138. The number of carboxylic acid groups (broad SMARTS) is 1. The van der Waals surface area contributed by atoms with Crippen LogP contribution in [0, 0.1) is 11.8 Å². The lowest BCUT2D eigenvalue weighted by atomic mass is 9.85. The highest BCUT2D eigenvalue weighted by Gasteiger charge is 2.29. The lowest BCUT2D eigenvalue weighted by Gasteiger charge is -2.37. The number of hydrogen-bond acceptors (Lipinski definition) is 3. The van der Waals surface area contributed by atoms with Crippen LogP contribution in [-0.4, -0.2) is 67.2 Å². The van der Waals surface area contributed by atoms with Crippen molar-refractivity contribution < 1.29 is 14.7 Å². The van der Waals surface area contributed by atoms with Crippen LogP contribution in [0.15, 0.2) is 0 Å². The Morgan fingerprint density at radius 2 is 2.19 bits per heavy atom. The molecule has 122 valence electrons. The van der Waals surface area contributed by atoms with Crippen LogP contribution in [0.4, 0.5) is 4.79 Å². The van der Waals surface area contributed by atoms with Crippen LogP contribution in [0.5, 0.6) is 0 Å². The van der Waals surface area contributed by atoms with E-state index in [4.69, 9.17) is 5.11 Å². The Balaban J connectivity index is 2.47. The van der Waals surface area contributed by atoms with Crippen LogP contribution in [0.1, 0.15) is 32.6 Å². The Kier molecular flexibility index (Phi) is 7.50. The summed E-state index contributed by atoms with van der Waals surface area (Å²) in [5.41, 5.74) is 0. The van der Waals surface area contributed by atoms with Crippen LogP contribution in [0.3, 0.4) is 0 Å². The third-order valence-corrected chi connectivity index (χ3v) is 4.28. The molecule has 0 spiro atoms. The van der Waals surface area contributed by atoms with E-state index in [1.165, 1.54) is 0 Å². The minimum Gasteiger partial charge on any atom is -0.481 e. The monoisotopic (exact) mass is 299 g/mol. The summed E-state index contributed by atoms with van der Waals surface area (Å²) in [6.07, 6.45) is 3.10. The van der Waals surface area contributed by atoms with Gasteiger partial charge >= 0.3 is 12.0 Å². The summed E-state index contributed by atoms with van der Waals surface area (Å²) >= 11 is 0. The van der Waals surface area contributed by atoms with Crippen molar-refractivity contribution in [3.8, 4) is 0 Å². The van der Waals surface area contributed by atoms with Crippen molar-refractivity contribution in [2.75, 3.05) is 40.3 Å². The predicted octanol–water partition coefficient (Wildman–Crippen LogP) is 1.47. The molecule has 6 heteroatoms. The lowest BCUT2D eigenvalue weighted by Crippen LogP contribution is -2.47. The minimum absolute atomic E-state index is 0.0679. The molecule has 2 N–H and O–H groups in total. The van der Waals surface area contributed by atoms with Gasteiger partial charge < -0.3 is 20.2 Å². The quantitative estimate of drug-likeness (QED) is 0.698. The molecule has 0 radical (unpaired) electrons. The molecule has 1 heterocycles. The molecule has 0 bridgehead atoms. The first-order valence-corrected chi connectivity index (χ1v) is 7.82. The third kappa shape index (κ3) is 5.91.